The Balaban J connectivity index is 1.70. The van der Waals surface area contributed by atoms with Crippen LogP contribution in [0, 0.1) is 18.3 Å². The third kappa shape index (κ3) is 2.64. The molecule has 4 nitrogen and oxygen atoms in total. The number of nitrogens with two attached hydrogens (primary N) is 1. The number of phenolic OH excluding ortho intramolecular Hbond substituents is 1. The molecule has 150 valence electrons. The zero-order valence-electron chi connectivity index (χ0n) is 16.8. The van der Waals surface area contributed by atoms with E-state index < -0.39 is 0 Å². The number of aromatic amines is 1. The first kappa shape index (κ1) is 18.6. The van der Waals surface area contributed by atoms with Crippen molar-refractivity contribution < 1.29 is 5.11 Å². The number of aromatic hydroxyl groups is 1. The average molecular weight is 407 g/mol. The van der Waals surface area contributed by atoms with E-state index in [4.69, 9.17) is 5.73 Å². The highest BCUT2D eigenvalue weighted by molar-refractivity contribution is 7.17. The molecule has 1 saturated carbocycles. The van der Waals surface area contributed by atoms with Crippen LogP contribution in [0.15, 0.2) is 46.1 Å². The van der Waals surface area contributed by atoms with Crippen LogP contribution in [0.4, 0.5) is 0 Å². The lowest BCUT2D eigenvalue weighted by Crippen LogP contribution is -2.39. The van der Waals surface area contributed by atoms with E-state index in [9.17, 15) is 9.90 Å². The number of fused-ring (bicyclic) bond motifs is 3. The number of pyridine rings is 1. The topological polar surface area (TPSA) is 79.1 Å². The van der Waals surface area contributed by atoms with Crippen molar-refractivity contribution in [3.05, 3.63) is 62.8 Å². The van der Waals surface area contributed by atoms with Crippen LogP contribution >= 0.6 is 11.3 Å². The van der Waals surface area contributed by atoms with Gasteiger partial charge < -0.3 is 15.8 Å². The number of phenols is 1. The van der Waals surface area contributed by atoms with Gasteiger partial charge in [-0.05, 0) is 54.3 Å². The minimum atomic E-state index is -0.0634. The summed E-state index contributed by atoms with van der Waals surface area (Å²) in [6.07, 6.45) is 10.4. The van der Waals surface area contributed by atoms with Crippen LogP contribution in [-0.4, -0.2) is 16.6 Å². The van der Waals surface area contributed by atoms with Gasteiger partial charge in [0.05, 0.1) is 5.52 Å². The molecule has 0 aliphatic heterocycles. The molecule has 5 heteroatoms. The second kappa shape index (κ2) is 6.57. The maximum absolute atomic E-state index is 12.5. The Morgan fingerprint density at radius 3 is 2.83 bits per heavy atom. The number of H-pyrrole nitrogens is 1. The van der Waals surface area contributed by atoms with E-state index in [2.05, 4.69) is 30.1 Å². The number of benzene rings is 1. The lowest BCUT2D eigenvalue weighted by atomic mass is 9.62. The van der Waals surface area contributed by atoms with Crippen LogP contribution in [0.25, 0.3) is 21.0 Å². The second-order valence-corrected chi connectivity index (χ2v) is 9.61. The lowest BCUT2D eigenvalue weighted by Gasteiger charge is -2.44. The minimum absolute atomic E-state index is 0.0470. The van der Waals surface area contributed by atoms with Crippen LogP contribution in [0.5, 0.6) is 5.75 Å². The van der Waals surface area contributed by atoms with Crippen LogP contribution in [0.2, 0.25) is 0 Å². The Hall–Kier alpha value is -2.37. The van der Waals surface area contributed by atoms with Crippen LogP contribution in [0.3, 0.4) is 0 Å². The molecule has 0 radical (unpaired) electrons. The van der Waals surface area contributed by atoms with Crippen molar-refractivity contribution >= 4 is 32.3 Å². The summed E-state index contributed by atoms with van der Waals surface area (Å²) in [5.74, 6) is 0.576. The van der Waals surface area contributed by atoms with Crippen molar-refractivity contribution in [3.8, 4) is 5.75 Å². The van der Waals surface area contributed by atoms with E-state index in [0.717, 1.165) is 40.3 Å². The molecule has 1 aromatic carbocycles. The Bertz CT molecular complexity index is 1240. The Morgan fingerprint density at radius 1 is 1.38 bits per heavy atom. The normalized spacial score (nSPS) is 23.3. The first-order chi connectivity index (χ1) is 13.9. The average Bonchev–Trinajstić information content (AvgIpc) is 3.14. The lowest BCUT2D eigenvalue weighted by molar-refractivity contribution is 0.199. The van der Waals surface area contributed by atoms with Crippen molar-refractivity contribution in [2.75, 3.05) is 6.54 Å². The molecule has 5 rings (SSSR count). The largest absolute Gasteiger partial charge is 0.508 e. The molecule has 0 bridgehead atoms. The van der Waals surface area contributed by atoms with Crippen molar-refractivity contribution in [2.45, 2.75) is 39.0 Å². The van der Waals surface area contributed by atoms with E-state index >= 15 is 0 Å². The van der Waals surface area contributed by atoms with Gasteiger partial charge in [0.15, 0.2) is 0 Å². The Morgan fingerprint density at radius 2 is 2.17 bits per heavy atom. The molecule has 2 aromatic heterocycles. The van der Waals surface area contributed by atoms with Gasteiger partial charge in [-0.3, -0.25) is 4.79 Å². The second-order valence-electron chi connectivity index (χ2n) is 8.70. The number of rotatable bonds is 3. The predicted octanol–water partition coefficient (Wildman–Crippen LogP) is 5.10. The van der Waals surface area contributed by atoms with Gasteiger partial charge in [-0.1, -0.05) is 31.6 Å². The summed E-state index contributed by atoms with van der Waals surface area (Å²) < 4.78 is 0.712. The van der Waals surface area contributed by atoms with E-state index in [1.807, 2.05) is 18.4 Å². The maximum atomic E-state index is 12.5. The number of allylic oxidation sites excluding steroid dienone is 3. The molecule has 0 spiro atoms. The zero-order valence-corrected chi connectivity index (χ0v) is 17.6. The first-order valence-electron chi connectivity index (χ1n) is 10.3. The number of aryl methyl sites for hydroxylation is 1. The monoisotopic (exact) mass is 406 g/mol. The van der Waals surface area contributed by atoms with E-state index in [1.165, 1.54) is 23.3 Å². The van der Waals surface area contributed by atoms with Crippen LogP contribution < -0.4 is 11.3 Å². The van der Waals surface area contributed by atoms with Crippen molar-refractivity contribution in [3.63, 3.8) is 0 Å². The molecule has 0 amide bonds. The summed E-state index contributed by atoms with van der Waals surface area (Å²) in [6.45, 7) is 4.83. The van der Waals surface area contributed by atoms with Gasteiger partial charge in [-0.15, -0.1) is 11.3 Å². The Labute approximate surface area is 173 Å². The standard InChI is InChI=1S/C24H26N2O2S/c1-13-10-15(24(12-25)7-3-8-24)4-5-16(13)19-18(27)11-14(2)21-20(19)17-6-9-29-22(17)23(28)26-21/h4-6,9-11,13,16,27H,3,7-8,12,25H2,1-2H3,(H,26,28). The zero-order chi connectivity index (χ0) is 20.3. The quantitative estimate of drug-likeness (QED) is 0.566. The molecule has 0 saturated heterocycles. The van der Waals surface area contributed by atoms with Crippen molar-refractivity contribution in [1.29, 1.82) is 0 Å². The SMILES string of the molecule is Cc1cc(O)c(C2C=CC(C3(CN)CCC3)=CC2C)c2c1[nH]c(=O)c1sccc12. The summed E-state index contributed by atoms with van der Waals surface area (Å²) in [5.41, 5.74) is 10.1. The van der Waals surface area contributed by atoms with Gasteiger partial charge in [0.1, 0.15) is 10.4 Å². The first-order valence-corrected chi connectivity index (χ1v) is 11.2. The number of hydrogen-bond donors (Lipinski definition) is 3. The highest BCUT2D eigenvalue weighted by atomic mass is 32.1. The fourth-order valence-electron chi connectivity index (χ4n) is 5.20. The van der Waals surface area contributed by atoms with Gasteiger partial charge in [0.2, 0.25) is 0 Å². The van der Waals surface area contributed by atoms with E-state index in [-0.39, 0.29) is 22.8 Å². The maximum Gasteiger partial charge on any atom is 0.266 e. The predicted molar refractivity (Wildman–Crippen MR) is 121 cm³/mol. The van der Waals surface area contributed by atoms with Crippen molar-refractivity contribution in [2.24, 2.45) is 17.1 Å². The molecule has 2 aliphatic carbocycles. The van der Waals surface area contributed by atoms with Gasteiger partial charge >= 0.3 is 0 Å². The summed E-state index contributed by atoms with van der Waals surface area (Å²) in [4.78, 5) is 15.6. The Kier molecular flexibility index (Phi) is 4.23. The highest BCUT2D eigenvalue weighted by Gasteiger charge is 2.40. The summed E-state index contributed by atoms with van der Waals surface area (Å²) >= 11 is 1.44. The molecular formula is C24H26N2O2S. The van der Waals surface area contributed by atoms with Gasteiger partial charge in [0.25, 0.3) is 5.56 Å². The third-order valence-corrected chi connectivity index (χ3v) is 7.97. The molecule has 1 fully saturated rings. The number of thiophene rings is 1. The molecule has 3 aromatic rings. The van der Waals surface area contributed by atoms with E-state index in [1.54, 1.807) is 6.07 Å². The van der Waals surface area contributed by atoms with Gasteiger partial charge in [0, 0.05) is 34.2 Å². The van der Waals surface area contributed by atoms with Gasteiger partial charge in [-0.25, -0.2) is 0 Å². The fraction of sp³-hybridized carbons (Fsp3) is 0.375. The van der Waals surface area contributed by atoms with Crippen LogP contribution in [0.1, 0.15) is 43.2 Å². The molecule has 2 heterocycles. The molecule has 29 heavy (non-hydrogen) atoms. The number of hydrogen-bond acceptors (Lipinski definition) is 4. The molecule has 4 N–H and O–H groups in total. The van der Waals surface area contributed by atoms with E-state index in [0.29, 0.717) is 17.0 Å². The summed E-state index contributed by atoms with van der Waals surface area (Å²) in [6, 6.07) is 3.77. The molecule has 2 atom stereocenters. The smallest absolute Gasteiger partial charge is 0.266 e. The third-order valence-electron chi connectivity index (χ3n) is 7.06. The summed E-state index contributed by atoms with van der Waals surface area (Å²) in [5, 5.41) is 14.8. The number of aromatic nitrogens is 1. The molecular weight excluding hydrogens is 380 g/mol. The number of nitrogens with one attached hydrogen (secondary N) is 1. The summed E-state index contributed by atoms with van der Waals surface area (Å²) in [7, 11) is 0. The van der Waals surface area contributed by atoms with Crippen molar-refractivity contribution in [1.82, 2.24) is 4.98 Å². The van der Waals surface area contributed by atoms with Crippen LogP contribution in [-0.2, 0) is 0 Å². The van der Waals surface area contributed by atoms with Gasteiger partial charge in [-0.2, -0.15) is 0 Å². The molecule has 2 aliphatic rings. The fourth-order valence-corrected chi connectivity index (χ4v) is 5.99. The minimum Gasteiger partial charge on any atom is -0.508 e. The molecule has 2 unspecified atom stereocenters. The highest BCUT2D eigenvalue weighted by Crippen LogP contribution is 2.51.